The van der Waals surface area contributed by atoms with Crippen molar-refractivity contribution < 1.29 is 18.4 Å². The van der Waals surface area contributed by atoms with Gasteiger partial charge in [-0.15, -0.1) is 0 Å². The Morgan fingerprint density at radius 3 is 1.94 bits per heavy atom. The van der Waals surface area contributed by atoms with Crippen molar-refractivity contribution in [3.63, 3.8) is 0 Å². The summed E-state index contributed by atoms with van der Waals surface area (Å²) in [5.74, 6) is 0. The molecule has 0 aromatic rings. The van der Waals surface area contributed by atoms with Crippen LogP contribution in [0.3, 0.4) is 0 Å². The Hall–Kier alpha value is 0.204. The van der Waals surface area contributed by atoms with Gasteiger partial charge >= 0.3 is 8.32 Å². The van der Waals surface area contributed by atoms with Crippen LogP contribution in [0.2, 0.25) is 6.04 Å². The van der Waals surface area contributed by atoms with Gasteiger partial charge in [-0.2, -0.15) is 0 Å². The van der Waals surface area contributed by atoms with Crippen molar-refractivity contribution >= 4 is 34.6 Å². The molecule has 0 atom stereocenters. The van der Waals surface area contributed by atoms with Gasteiger partial charge in [0.05, 0.1) is 0 Å². The van der Waals surface area contributed by atoms with Crippen LogP contribution in [0.5, 0.6) is 0 Å². The lowest BCUT2D eigenvalue weighted by atomic mass is 10.3. The second kappa shape index (κ2) is 11.1. The molecule has 0 aromatic carbocycles. The minimum atomic E-state index is -2.33. The van der Waals surface area contributed by atoms with Crippen LogP contribution in [0, 0.1) is 0 Å². The summed E-state index contributed by atoms with van der Waals surface area (Å²) in [7, 11) is -2.84. The van der Waals surface area contributed by atoms with Gasteiger partial charge in [0.15, 0.2) is 5.05 Å². The fourth-order valence-corrected chi connectivity index (χ4v) is 10.2. The Bertz CT molecular complexity index is 212. The monoisotopic (exact) mass is 310 g/mol. The van der Waals surface area contributed by atoms with E-state index in [0.29, 0.717) is 26.2 Å². The Morgan fingerprint density at radius 1 is 1.06 bits per heavy atom. The molecule has 0 aromatic heterocycles. The van der Waals surface area contributed by atoms with Crippen molar-refractivity contribution in [2.24, 2.45) is 0 Å². The van der Waals surface area contributed by atoms with Gasteiger partial charge in [0.25, 0.3) is 0 Å². The third-order valence-corrected chi connectivity index (χ3v) is 11.1. The number of hydrogen-bond donors (Lipinski definition) is 1. The van der Waals surface area contributed by atoms with Crippen LogP contribution >= 0.6 is 12.2 Å². The average Bonchev–Trinajstić information content (AvgIpc) is 2.29. The molecule has 1 N–H and O–H groups in total. The van der Waals surface area contributed by atoms with E-state index in [2.05, 4.69) is 12.2 Å². The SMILES string of the molecule is CCO[Si](OCC)(OCC)[SiH2]CCCCC(O)=S. The van der Waals surface area contributed by atoms with E-state index in [-0.39, 0.29) is 5.05 Å². The molecule has 0 spiro atoms. The van der Waals surface area contributed by atoms with Crippen molar-refractivity contribution in [1.82, 2.24) is 0 Å². The maximum Gasteiger partial charge on any atom is 0.462 e. The molecule has 0 aliphatic heterocycles. The molecule has 0 unspecified atom stereocenters. The van der Waals surface area contributed by atoms with Gasteiger partial charge in [-0.05, 0) is 39.4 Å². The van der Waals surface area contributed by atoms with Gasteiger partial charge in [0.2, 0.25) is 0 Å². The smallest absolute Gasteiger partial charge is 0.462 e. The van der Waals surface area contributed by atoms with Crippen LogP contribution in [0.1, 0.15) is 40.0 Å². The number of unbranched alkanes of at least 4 members (excludes halogenated alkanes) is 1. The van der Waals surface area contributed by atoms with Gasteiger partial charge in [-0.3, -0.25) is 0 Å². The molecule has 0 rings (SSSR count). The summed E-state index contributed by atoms with van der Waals surface area (Å²) in [4.78, 5) is 0. The van der Waals surface area contributed by atoms with Crippen molar-refractivity contribution in [3.8, 4) is 0 Å². The molecular formula is C11H26O4SSi2. The van der Waals surface area contributed by atoms with Crippen LogP contribution in [-0.4, -0.2) is 47.3 Å². The van der Waals surface area contributed by atoms with Gasteiger partial charge in [-0.25, -0.2) is 0 Å². The zero-order valence-corrected chi connectivity index (χ0v) is 15.0. The summed E-state index contributed by atoms with van der Waals surface area (Å²) in [5.41, 5.74) is 0. The van der Waals surface area contributed by atoms with Crippen LogP contribution in [0.4, 0.5) is 0 Å². The molecule has 0 heterocycles. The van der Waals surface area contributed by atoms with Crippen LogP contribution in [0.15, 0.2) is 0 Å². The van der Waals surface area contributed by atoms with E-state index in [1.54, 1.807) is 0 Å². The first-order valence-electron chi connectivity index (χ1n) is 6.73. The third-order valence-electron chi connectivity index (χ3n) is 2.47. The number of aliphatic hydroxyl groups excluding tert-OH is 1. The van der Waals surface area contributed by atoms with E-state index >= 15 is 0 Å². The van der Waals surface area contributed by atoms with Crippen molar-refractivity contribution in [3.05, 3.63) is 0 Å². The van der Waals surface area contributed by atoms with Crippen molar-refractivity contribution in [1.29, 1.82) is 0 Å². The van der Waals surface area contributed by atoms with Gasteiger partial charge in [0.1, 0.15) is 9.04 Å². The van der Waals surface area contributed by atoms with E-state index in [1.165, 1.54) is 0 Å². The fourth-order valence-electron chi connectivity index (χ4n) is 1.80. The maximum absolute atomic E-state index is 8.94. The third kappa shape index (κ3) is 8.33. The number of rotatable bonds is 12. The van der Waals surface area contributed by atoms with E-state index in [9.17, 15) is 0 Å². The molecule has 0 saturated carbocycles. The molecule has 4 nitrogen and oxygen atoms in total. The largest absolute Gasteiger partial charge is 0.502 e. The second-order valence-corrected chi connectivity index (χ2v) is 11.9. The van der Waals surface area contributed by atoms with Gasteiger partial charge in [0, 0.05) is 26.2 Å². The van der Waals surface area contributed by atoms with Crippen LogP contribution in [-0.2, 0) is 13.3 Å². The predicted octanol–water partition coefficient (Wildman–Crippen LogP) is 2.17. The highest BCUT2D eigenvalue weighted by molar-refractivity contribution is 7.80. The van der Waals surface area contributed by atoms with Crippen LogP contribution < -0.4 is 0 Å². The lowest BCUT2D eigenvalue weighted by molar-refractivity contribution is 0.0928. The molecule has 0 saturated heterocycles. The lowest BCUT2D eigenvalue weighted by Gasteiger charge is -2.28. The molecule has 18 heavy (non-hydrogen) atoms. The molecule has 7 heteroatoms. The molecule has 108 valence electrons. The first kappa shape index (κ1) is 18.2. The summed E-state index contributed by atoms with van der Waals surface area (Å²) in [6, 6.07) is 1.12. The molecule has 0 amide bonds. The summed E-state index contributed by atoms with van der Waals surface area (Å²) in [5, 5.41) is 9.05. The standard InChI is InChI=1S/C11H26O4SSi2/c1-4-13-18(14-5-2,15-6-3)17-10-8-7-9-11(12)16/h4-10,17H2,1-3H3,(H,12,16). The Morgan fingerprint density at radius 2 is 1.56 bits per heavy atom. The number of aliphatic hydroxyl groups is 1. The topological polar surface area (TPSA) is 47.9 Å². The van der Waals surface area contributed by atoms with Gasteiger partial charge < -0.3 is 18.4 Å². The summed E-state index contributed by atoms with van der Waals surface area (Å²) >= 11 is 4.64. The highest BCUT2D eigenvalue weighted by Crippen LogP contribution is 2.12. The average molecular weight is 311 g/mol. The highest BCUT2D eigenvalue weighted by Gasteiger charge is 2.38. The normalized spacial score (nSPS) is 12.4. The molecule has 0 aliphatic rings. The lowest BCUT2D eigenvalue weighted by Crippen LogP contribution is -2.52. The molecule has 0 bridgehead atoms. The number of hydrogen-bond acceptors (Lipinski definition) is 4. The first-order valence-corrected chi connectivity index (χ1v) is 12.2. The van der Waals surface area contributed by atoms with E-state index in [0.717, 1.165) is 18.9 Å². The fraction of sp³-hybridized carbons (Fsp3) is 0.909. The van der Waals surface area contributed by atoms with E-state index in [1.807, 2.05) is 20.8 Å². The van der Waals surface area contributed by atoms with Crippen LogP contribution in [0.25, 0.3) is 0 Å². The predicted molar refractivity (Wildman–Crippen MR) is 83.1 cm³/mol. The van der Waals surface area contributed by atoms with Crippen molar-refractivity contribution in [2.45, 2.75) is 46.1 Å². The van der Waals surface area contributed by atoms with E-state index < -0.39 is 17.4 Å². The van der Waals surface area contributed by atoms with E-state index in [4.69, 9.17) is 18.4 Å². The Kier molecular flexibility index (Phi) is 11.2. The molecule has 0 aliphatic carbocycles. The van der Waals surface area contributed by atoms with Gasteiger partial charge in [-0.1, -0.05) is 12.5 Å². The highest BCUT2D eigenvalue weighted by atomic mass is 32.1. The maximum atomic E-state index is 8.94. The summed E-state index contributed by atoms with van der Waals surface area (Å²) in [6.45, 7) is 7.91. The molecule has 0 fully saturated rings. The Labute approximate surface area is 119 Å². The second-order valence-electron chi connectivity index (χ2n) is 3.94. The quantitative estimate of drug-likeness (QED) is 0.340. The molecule has 0 radical (unpaired) electrons. The van der Waals surface area contributed by atoms with Crippen molar-refractivity contribution in [2.75, 3.05) is 19.8 Å². The minimum absolute atomic E-state index is 0.111. The zero-order chi connectivity index (χ0) is 13.9. The summed E-state index contributed by atoms with van der Waals surface area (Å²) in [6.07, 6.45) is 2.63. The molecular weight excluding hydrogens is 284 g/mol. The minimum Gasteiger partial charge on any atom is -0.502 e. The Balaban J connectivity index is 4.08. The number of thiocarbonyl (C=S) groups is 1. The zero-order valence-electron chi connectivity index (χ0n) is 11.7. The summed E-state index contributed by atoms with van der Waals surface area (Å²) < 4.78 is 17.5. The first-order chi connectivity index (χ1) is 8.60.